The number of thioether (sulfide) groups is 1. The maximum absolute atomic E-state index is 12.3. The molecule has 142 valence electrons. The number of nitrogens with zero attached hydrogens (tertiary/aromatic N) is 2. The number of rotatable bonds is 4. The molecule has 1 amide bonds. The predicted molar refractivity (Wildman–Crippen MR) is 106 cm³/mol. The topological polar surface area (TPSA) is 76.0 Å². The van der Waals surface area contributed by atoms with Gasteiger partial charge in [0.15, 0.2) is 15.0 Å². The van der Waals surface area contributed by atoms with Gasteiger partial charge in [-0.15, -0.1) is 0 Å². The van der Waals surface area contributed by atoms with Crippen LogP contribution in [-0.4, -0.2) is 49.4 Å². The van der Waals surface area contributed by atoms with Crippen LogP contribution >= 0.6 is 23.4 Å². The third-order valence-corrected chi connectivity index (χ3v) is 8.23. The van der Waals surface area contributed by atoms with E-state index in [-0.39, 0.29) is 34.6 Å². The molecule has 0 aliphatic carbocycles. The van der Waals surface area contributed by atoms with Crippen LogP contribution in [0.1, 0.15) is 20.3 Å². The number of amidine groups is 1. The lowest BCUT2D eigenvalue weighted by Gasteiger charge is -2.25. The zero-order chi connectivity index (χ0) is 19.1. The van der Waals surface area contributed by atoms with Crippen molar-refractivity contribution in [2.45, 2.75) is 31.6 Å². The van der Waals surface area contributed by atoms with Gasteiger partial charge in [-0.25, -0.2) is 8.42 Å². The Morgan fingerprint density at radius 1 is 1.46 bits per heavy atom. The molecule has 1 aromatic carbocycles. The van der Waals surface area contributed by atoms with Crippen LogP contribution < -0.4 is 9.64 Å². The monoisotopic (exact) mass is 416 g/mol. The van der Waals surface area contributed by atoms with Crippen molar-refractivity contribution in [3.05, 3.63) is 23.2 Å². The average Bonchev–Trinajstić information content (AvgIpc) is 3.04. The molecule has 1 aromatic rings. The van der Waals surface area contributed by atoms with Gasteiger partial charge in [0, 0.05) is 16.9 Å². The molecule has 3 rings (SSSR count). The maximum atomic E-state index is 12.3. The van der Waals surface area contributed by atoms with Crippen LogP contribution in [0.2, 0.25) is 5.02 Å². The molecule has 2 fully saturated rings. The van der Waals surface area contributed by atoms with E-state index in [1.54, 1.807) is 12.1 Å². The van der Waals surface area contributed by atoms with Crippen LogP contribution in [0.15, 0.2) is 23.2 Å². The van der Waals surface area contributed by atoms with Crippen molar-refractivity contribution in [2.24, 2.45) is 10.9 Å². The second-order valence-corrected chi connectivity index (χ2v) is 10.3. The van der Waals surface area contributed by atoms with Gasteiger partial charge in [-0.3, -0.25) is 4.79 Å². The number of anilines is 1. The average molecular weight is 417 g/mol. The van der Waals surface area contributed by atoms with Crippen molar-refractivity contribution >= 4 is 50.0 Å². The van der Waals surface area contributed by atoms with Crippen LogP contribution in [0.4, 0.5) is 5.69 Å². The summed E-state index contributed by atoms with van der Waals surface area (Å²) in [6, 6.07) is 5.00. The summed E-state index contributed by atoms with van der Waals surface area (Å²) >= 11 is 7.61. The van der Waals surface area contributed by atoms with Gasteiger partial charge in [0.25, 0.3) is 5.91 Å². The van der Waals surface area contributed by atoms with Gasteiger partial charge in [-0.05, 0) is 24.6 Å². The number of carbonyl (C=O) groups excluding carboxylic acids is 1. The van der Waals surface area contributed by atoms with E-state index >= 15 is 0 Å². The number of hydrogen-bond donors (Lipinski definition) is 0. The van der Waals surface area contributed by atoms with E-state index < -0.39 is 9.84 Å². The number of ether oxygens (including phenoxy) is 1. The molecule has 26 heavy (non-hydrogen) atoms. The lowest BCUT2D eigenvalue weighted by atomic mass is 10.1. The Balaban J connectivity index is 2.01. The summed E-state index contributed by atoms with van der Waals surface area (Å²) in [4.78, 5) is 18.5. The zero-order valence-corrected chi connectivity index (χ0v) is 17.2. The summed E-state index contributed by atoms with van der Waals surface area (Å²) in [7, 11) is -1.57. The number of halogens is 1. The van der Waals surface area contributed by atoms with E-state index in [0.717, 1.165) is 0 Å². The minimum atomic E-state index is -3.10. The number of benzene rings is 1. The third-order valence-electron chi connectivity index (χ3n) is 4.72. The fraction of sp³-hybridized carbons (Fsp3) is 0.529. The molecule has 2 aliphatic heterocycles. The molecule has 0 spiro atoms. The highest BCUT2D eigenvalue weighted by molar-refractivity contribution is 8.16. The van der Waals surface area contributed by atoms with E-state index in [9.17, 15) is 13.2 Å². The predicted octanol–water partition coefficient (Wildman–Crippen LogP) is 3.00. The number of sulfone groups is 1. The Morgan fingerprint density at radius 2 is 2.19 bits per heavy atom. The molecule has 0 radical (unpaired) electrons. The van der Waals surface area contributed by atoms with E-state index in [1.807, 2.05) is 24.8 Å². The van der Waals surface area contributed by atoms with Crippen molar-refractivity contribution in [1.29, 1.82) is 0 Å². The van der Waals surface area contributed by atoms with Crippen LogP contribution in [0.25, 0.3) is 0 Å². The summed E-state index contributed by atoms with van der Waals surface area (Å²) in [5, 5.41) is 0.831. The number of fused-ring (bicyclic) bond motifs is 1. The lowest BCUT2D eigenvalue weighted by molar-refractivity contribution is -0.121. The number of carbonyl (C=O) groups is 1. The summed E-state index contributed by atoms with van der Waals surface area (Å²) in [5.74, 6) is 0.312. The quantitative estimate of drug-likeness (QED) is 0.750. The van der Waals surface area contributed by atoms with Crippen LogP contribution in [0.3, 0.4) is 0 Å². The first-order valence-electron chi connectivity index (χ1n) is 8.38. The summed E-state index contributed by atoms with van der Waals surface area (Å²) in [5.41, 5.74) is 0.712. The summed E-state index contributed by atoms with van der Waals surface area (Å²) in [6.45, 7) is 3.78. The van der Waals surface area contributed by atoms with E-state index in [2.05, 4.69) is 4.99 Å². The smallest absolute Gasteiger partial charge is 0.250 e. The van der Waals surface area contributed by atoms with Crippen LogP contribution in [0.5, 0.6) is 5.75 Å². The van der Waals surface area contributed by atoms with Gasteiger partial charge in [0.05, 0.1) is 29.7 Å². The highest BCUT2D eigenvalue weighted by Gasteiger charge is 2.49. The number of hydrogen-bond acceptors (Lipinski definition) is 5. The second kappa shape index (κ2) is 7.40. The minimum absolute atomic E-state index is 0.0465. The molecule has 2 heterocycles. The van der Waals surface area contributed by atoms with Crippen molar-refractivity contribution in [2.75, 3.05) is 23.5 Å². The van der Waals surface area contributed by atoms with Crippen molar-refractivity contribution in [1.82, 2.24) is 0 Å². The van der Waals surface area contributed by atoms with E-state index in [4.69, 9.17) is 16.3 Å². The Bertz CT molecular complexity index is 856. The zero-order valence-electron chi connectivity index (χ0n) is 14.8. The molecule has 0 aromatic heterocycles. The molecular formula is C17H21ClN2O4S2. The Labute approximate surface area is 162 Å². The minimum Gasteiger partial charge on any atom is -0.495 e. The summed E-state index contributed by atoms with van der Waals surface area (Å²) < 4.78 is 29.3. The van der Waals surface area contributed by atoms with E-state index in [0.29, 0.717) is 28.0 Å². The SMILES string of the molecule is CC[C@H](C)C(=O)N=C1S[C@H]2CS(=O)(=O)C[C@H]2N1c1ccc(OC)c(Cl)c1. The normalized spacial score (nSPS) is 26.8. The maximum Gasteiger partial charge on any atom is 0.250 e. The first-order valence-corrected chi connectivity index (χ1v) is 11.5. The first-order chi connectivity index (χ1) is 12.3. The van der Waals surface area contributed by atoms with Crippen molar-refractivity contribution < 1.29 is 17.9 Å². The van der Waals surface area contributed by atoms with Crippen LogP contribution in [-0.2, 0) is 14.6 Å². The van der Waals surface area contributed by atoms with E-state index in [1.165, 1.54) is 18.9 Å². The fourth-order valence-electron chi connectivity index (χ4n) is 3.05. The molecule has 0 bridgehead atoms. The molecule has 0 saturated carbocycles. The Hall–Kier alpha value is -1.25. The molecule has 0 unspecified atom stereocenters. The van der Waals surface area contributed by atoms with Gasteiger partial charge in [0.2, 0.25) is 0 Å². The van der Waals surface area contributed by atoms with Crippen molar-refractivity contribution in [3.63, 3.8) is 0 Å². The van der Waals surface area contributed by atoms with Gasteiger partial charge >= 0.3 is 0 Å². The highest BCUT2D eigenvalue weighted by atomic mass is 35.5. The molecule has 2 saturated heterocycles. The summed E-state index contributed by atoms with van der Waals surface area (Å²) in [6.07, 6.45) is 0.704. The lowest BCUT2D eigenvalue weighted by Crippen LogP contribution is -2.37. The first kappa shape index (κ1) is 19.5. The third kappa shape index (κ3) is 3.73. The van der Waals surface area contributed by atoms with Gasteiger partial charge in [0.1, 0.15) is 5.75 Å². The number of amides is 1. The molecule has 2 aliphatic rings. The van der Waals surface area contributed by atoms with Crippen molar-refractivity contribution in [3.8, 4) is 5.75 Å². The Kier molecular flexibility index (Phi) is 5.55. The molecule has 3 atom stereocenters. The largest absolute Gasteiger partial charge is 0.495 e. The number of aliphatic imine (C=N–C) groups is 1. The molecule has 6 nitrogen and oxygen atoms in total. The highest BCUT2D eigenvalue weighted by Crippen LogP contribution is 2.42. The molecular weight excluding hydrogens is 396 g/mol. The van der Waals surface area contributed by atoms with Gasteiger partial charge in [-0.2, -0.15) is 4.99 Å². The van der Waals surface area contributed by atoms with Gasteiger partial charge < -0.3 is 9.64 Å². The Morgan fingerprint density at radius 3 is 2.81 bits per heavy atom. The molecule has 9 heteroatoms. The molecule has 0 N–H and O–H groups in total. The second-order valence-electron chi connectivity index (χ2n) is 6.53. The number of methoxy groups -OCH3 is 1. The fourth-order valence-corrected chi connectivity index (χ4v) is 7.22. The standard InChI is InChI=1S/C17H21ClN2O4S2/c1-4-10(2)16(21)19-17-20(11-5-6-14(24-3)12(18)7-11)13-8-26(22,23)9-15(13)25-17/h5-7,10,13,15H,4,8-9H2,1-3H3/t10-,13+,15-/m0/s1. The van der Waals surface area contributed by atoms with Gasteiger partial charge in [-0.1, -0.05) is 37.2 Å². The van der Waals surface area contributed by atoms with Crippen LogP contribution in [0, 0.1) is 5.92 Å².